The monoisotopic (exact) mass is 242 g/mol. The van der Waals surface area contributed by atoms with Gasteiger partial charge in [-0.25, -0.2) is 9.18 Å². The number of carboxylic acid groups (broad SMARTS) is 1. The van der Waals surface area contributed by atoms with Gasteiger partial charge in [0.05, 0.1) is 16.4 Å². The molecule has 1 fully saturated rings. The first kappa shape index (κ1) is 11.3. The Bertz CT molecular complexity index is 455. The second kappa shape index (κ2) is 4.33. The summed E-state index contributed by atoms with van der Waals surface area (Å²) < 4.78 is 25.0. The topological polar surface area (TPSA) is 54.4 Å². The largest absolute Gasteiger partial charge is 0.478 e. The summed E-state index contributed by atoms with van der Waals surface area (Å²) in [5, 5.41) is 8.85. The lowest BCUT2D eigenvalue weighted by Gasteiger charge is -2.24. The number of halogens is 1. The van der Waals surface area contributed by atoms with E-state index in [9.17, 15) is 13.4 Å². The van der Waals surface area contributed by atoms with Crippen LogP contribution in [0.2, 0.25) is 0 Å². The lowest BCUT2D eigenvalue weighted by atomic mass is 10.00. The first-order valence-electron chi connectivity index (χ1n) is 5.03. The second-order valence-electron chi connectivity index (χ2n) is 3.80. The molecule has 1 atom stereocenters. The molecule has 0 amide bonds. The molecule has 16 heavy (non-hydrogen) atoms. The van der Waals surface area contributed by atoms with Crippen LogP contribution in [0.25, 0.3) is 0 Å². The van der Waals surface area contributed by atoms with Crippen LogP contribution in [0.5, 0.6) is 0 Å². The van der Waals surface area contributed by atoms with Crippen molar-refractivity contribution < 1.29 is 18.5 Å². The molecule has 3 nitrogen and oxygen atoms in total. The average Bonchev–Trinajstić information content (AvgIpc) is 2.15. The van der Waals surface area contributed by atoms with Gasteiger partial charge in [-0.3, -0.25) is 4.21 Å². The van der Waals surface area contributed by atoms with Crippen LogP contribution >= 0.6 is 0 Å². The van der Waals surface area contributed by atoms with E-state index in [1.165, 1.54) is 12.1 Å². The molecule has 1 saturated carbocycles. The molecule has 0 bridgehead atoms. The lowest BCUT2D eigenvalue weighted by molar-refractivity contribution is 0.0691. The van der Waals surface area contributed by atoms with Crippen LogP contribution in [0.15, 0.2) is 23.1 Å². The van der Waals surface area contributed by atoms with E-state index in [1.54, 1.807) is 0 Å². The van der Waals surface area contributed by atoms with Crippen molar-refractivity contribution in [2.75, 3.05) is 0 Å². The number of carbonyl (C=O) groups is 1. The van der Waals surface area contributed by atoms with Crippen molar-refractivity contribution in [1.82, 2.24) is 0 Å². The quantitative estimate of drug-likeness (QED) is 0.883. The van der Waals surface area contributed by atoms with E-state index in [4.69, 9.17) is 5.11 Å². The standard InChI is InChI=1S/C11H11FO3S/c12-10-5-4-8(6-9(10)11(13)14)16(15)7-2-1-3-7/h4-7H,1-3H2,(H,13,14). The van der Waals surface area contributed by atoms with E-state index in [2.05, 4.69) is 0 Å². The van der Waals surface area contributed by atoms with Crippen molar-refractivity contribution in [1.29, 1.82) is 0 Å². The Labute approximate surface area is 94.7 Å². The normalized spacial score (nSPS) is 17.8. The van der Waals surface area contributed by atoms with Crippen LogP contribution in [0.1, 0.15) is 29.6 Å². The number of carboxylic acids is 1. The number of hydrogen-bond donors (Lipinski definition) is 1. The maximum absolute atomic E-state index is 13.1. The molecule has 0 aliphatic heterocycles. The van der Waals surface area contributed by atoms with Crippen LogP contribution in [-0.4, -0.2) is 20.5 Å². The Morgan fingerprint density at radius 2 is 2.12 bits per heavy atom. The molecule has 1 aromatic carbocycles. The first-order valence-corrected chi connectivity index (χ1v) is 6.24. The zero-order chi connectivity index (χ0) is 11.7. The summed E-state index contributed by atoms with van der Waals surface area (Å²) >= 11 is 0. The highest BCUT2D eigenvalue weighted by Crippen LogP contribution is 2.28. The summed E-state index contributed by atoms with van der Waals surface area (Å²) in [4.78, 5) is 11.1. The molecule has 0 radical (unpaired) electrons. The average molecular weight is 242 g/mol. The second-order valence-corrected chi connectivity index (χ2v) is 5.53. The van der Waals surface area contributed by atoms with Gasteiger partial charge in [-0.1, -0.05) is 6.42 Å². The fourth-order valence-corrected chi connectivity index (χ4v) is 3.15. The van der Waals surface area contributed by atoms with Gasteiger partial charge >= 0.3 is 5.97 Å². The van der Waals surface area contributed by atoms with Gasteiger partial charge in [-0.05, 0) is 31.0 Å². The predicted octanol–water partition coefficient (Wildman–Crippen LogP) is 2.18. The zero-order valence-electron chi connectivity index (χ0n) is 8.48. The molecule has 0 saturated heterocycles. The van der Waals surface area contributed by atoms with Gasteiger partial charge < -0.3 is 5.11 Å². The Kier molecular flexibility index (Phi) is 3.05. The highest BCUT2D eigenvalue weighted by atomic mass is 32.2. The third-order valence-electron chi connectivity index (χ3n) is 2.76. The van der Waals surface area contributed by atoms with Gasteiger partial charge in [0.2, 0.25) is 0 Å². The van der Waals surface area contributed by atoms with E-state index < -0.39 is 28.1 Å². The fraction of sp³-hybridized carbons (Fsp3) is 0.364. The molecule has 0 heterocycles. The van der Waals surface area contributed by atoms with Gasteiger partial charge in [-0.15, -0.1) is 0 Å². The van der Waals surface area contributed by atoms with Crippen molar-refractivity contribution in [3.63, 3.8) is 0 Å². The molecular weight excluding hydrogens is 231 g/mol. The Morgan fingerprint density at radius 3 is 2.62 bits per heavy atom. The maximum atomic E-state index is 13.1. The summed E-state index contributed by atoms with van der Waals surface area (Å²) in [6.07, 6.45) is 2.85. The lowest BCUT2D eigenvalue weighted by Crippen LogP contribution is -2.23. The van der Waals surface area contributed by atoms with Gasteiger partial charge in [0.15, 0.2) is 0 Å². The van der Waals surface area contributed by atoms with Crippen LogP contribution < -0.4 is 0 Å². The smallest absolute Gasteiger partial charge is 0.338 e. The molecule has 5 heteroatoms. The van der Waals surface area contributed by atoms with E-state index in [0.717, 1.165) is 25.3 Å². The van der Waals surface area contributed by atoms with Crippen molar-refractivity contribution in [2.24, 2.45) is 0 Å². The Morgan fingerprint density at radius 1 is 1.44 bits per heavy atom. The minimum Gasteiger partial charge on any atom is -0.478 e. The van der Waals surface area contributed by atoms with Gasteiger partial charge in [0.1, 0.15) is 5.82 Å². The van der Waals surface area contributed by atoms with Gasteiger partial charge in [0, 0.05) is 10.1 Å². The van der Waals surface area contributed by atoms with Crippen molar-refractivity contribution >= 4 is 16.8 Å². The molecule has 1 aliphatic rings. The number of aromatic carboxylic acids is 1. The van der Waals surface area contributed by atoms with Crippen LogP contribution in [0, 0.1) is 5.82 Å². The molecule has 1 aliphatic carbocycles. The Hall–Kier alpha value is -1.23. The van der Waals surface area contributed by atoms with E-state index in [1.807, 2.05) is 0 Å². The zero-order valence-corrected chi connectivity index (χ0v) is 9.30. The molecule has 1 unspecified atom stereocenters. The molecule has 0 aromatic heterocycles. The number of benzene rings is 1. The summed E-state index contributed by atoms with van der Waals surface area (Å²) in [6, 6.07) is 3.64. The molecular formula is C11H11FO3S. The summed E-state index contributed by atoms with van der Waals surface area (Å²) in [5.41, 5.74) is -0.412. The van der Waals surface area contributed by atoms with Gasteiger partial charge in [-0.2, -0.15) is 0 Å². The molecule has 1 N–H and O–H groups in total. The minimum atomic E-state index is -1.33. The summed E-state index contributed by atoms with van der Waals surface area (Å²) in [7, 11) is -1.21. The summed E-state index contributed by atoms with van der Waals surface area (Å²) in [6.45, 7) is 0. The third-order valence-corrected chi connectivity index (χ3v) is 4.55. The van der Waals surface area contributed by atoms with Crippen molar-refractivity contribution in [2.45, 2.75) is 29.4 Å². The van der Waals surface area contributed by atoms with Crippen molar-refractivity contribution in [3.8, 4) is 0 Å². The molecule has 2 rings (SSSR count). The maximum Gasteiger partial charge on any atom is 0.338 e. The number of hydrogen-bond acceptors (Lipinski definition) is 2. The highest BCUT2D eigenvalue weighted by molar-refractivity contribution is 7.85. The Balaban J connectivity index is 2.31. The van der Waals surface area contributed by atoms with Crippen LogP contribution in [-0.2, 0) is 10.8 Å². The van der Waals surface area contributed by atoms with E-state index >= 15 is 0 Å². The predicted molar refractivity (Wildman–Crippen MR) is 57.4 cm³/mol. The van der Waals surface area contributed by atoms with E-state index in [0.29, 0.717) is 4.90 Å². The SMILES string of the molecule is O=C(O)c1cc(S(=O)C2CCC2)ccc1F. The summed E-state index contributed by atoms with van der Waals surface area (Å²) in [5.74, 6) is -2.12. The highest BCUT2D eigenvalue weighted by Gasteiger charge is 2.26. The molecule has 86 valence electrons. The first-order chi connectivity index (χ1) is 7.59. The molecule has 1 aromatic rings. The third kappa shape index (κ3) is 2.00. The van der Waals surface area contributed by atoms with Gasteiger partial charge in [0.25, 0.3) is 0 Å². The molecule has 0 spiro atoms. The van der Waals surface area contributed by atoms with Crippen LogP contribution in [0.3, 0.4) is 0 Å². The fourth-order valence-electron chi connectivity index (χ4n) is 1.57. The minimum absolute atomic E-state index is 0.104. The van der Waals surface area contributed by atoms with Crippen molar-refractivity contribution in [3.05, 3.63) is 29.6 Å². The van der Waals surface area contributed by atoms with E-state index in [-0.39, 0.29) is 5.25 Å². The number of rotatable bonds is 3. The van der Waals surface area contributed by atoms with Crippen LogP contribution in [0.4, 0.5) is 4.39 Å².